The normalized spacial score (nSPS) is 28.7. The number of likely N-dealkylation sites (tertiary alicyclic amines) is 1. The van der Waals surface area contributed by atoms with E-state index < -0.39 is 10.0 Å². The summed E-state index contributed by atoms with van der Waals surface area (Å²) in [5.74, 6) is 0.0269. The highest BCUT2D eigenvalue weighted by atomic mass is 32.2. The van der Waals surface area contributed by atoms with Crippen molar-refractivity contribution >= 4 is 27.1 Å². The first kappa shape index (κ1) is 19.5. The molecule has 28 heavy (non-hydrogen) atoms. The SMILES string of the molecule is CC1(C)C[C@@H]2C[C@@](C)(CN2C([O-])=C2C=CC(=NS(=O)(=O)c3cccs3)C=C2)C1. The Hall–Kier alpha value is -1.86. The summed E-state index contributed by atoms with van der Waals surface area (Å²) in [4.78, 5) is 2.02. The minimum absolute atomic E-state index is 0.0269. The molecule has 2 heterocycles. The lowest BCUT2D eigenvalue weighted by molar-refractivity contribution is -0.335. The molecule has 7 heteroatoms. The molecule has 1 aliphatic heterocycles. The van der Waals surface area contributed by atoms with Gasteiger partial charge >= 0.3 is 0 Å². The first-order valence-corrected chi connectivity index (χ1v) is 11.8. The van der Waals surface area contributed by atoms with E-state index in [1.165, 1.54) is 6.07 Å². The predicted octanol–water partition coefficient (Wildman–Crippen LogP) is 3.48. The molecule has 2 aliphatic carbocycles. The molecule has 3 aliphatic rings. The number of allylic oxidation sites excluding steroid dienone is 5. The number of hydrogen-bond donors (Lipinski definition) is 0. The van der Waals surface area contributed by atoms with Gasteiger partial charge in [-0.3, -0.25) is 0 Å². The number of fused-ring (bicyclic) bond motifs is 2. The van der Waals surface area contributed by atoms with Crippen molar-refractivity contribution in [3.63, 3.8) is 0 Å². The standard InChI is InChI=1S/C21H26N2O3S2/c1-20(2)11-17-12-21(3,13-20)14-23(17)19(24)15-6-8-16(9-7-15)22-28(25,26)18-5-4-10-27-18/h4-10,17,24H,11-14H2,1-3H3/p-1/t17-,21-/m1/s1. The average molecular weight is 418 g/mol. The smallest absolute Gasteiger partial charge is 0.292 e. The molecule has 1 aromatic heterocycles. The molecular formula is C21H25N2O3S2-. The molecule has 1 aromatic rings. The van der Waals surface area contributed by atoms with Crippen LogP contribution in [0.2, 0.25) is 0 Å². The van der Waals surface area contributed by atoms with E-state index in [0.717, 1.165) is 37.1 Å². The zero-order chi connectivity index (χ0) is 20.2. The number of sulfonamides is 1. The first-order valence-electron chi connectivity index (χ1n) is 9.50. The van der Waals surface area contributed by atoms with Crippen LogP contribution in [0.15, 0.2) is 61.9 Å². The van der Waals surface area contributed by atoms with E-state index in [4.69, 9.17) is 0 Å². The van der Waals surface area contributed by atoms with Crippen molar-refractivity contribution in [1.29, 1.82) is 0 Å². The van der Waals surface area contributed by atoms with Gasteiger partial charge in [-0.15, -0.1) is 11.3 Å². The second-order valence-corrected chi connectivity index (χ2v) is 12.0. The van der Waals surface area contributed by atoms with Gasteiger partial charge in [0, 0.05) is 12.6 Å². The summed E-state index contributed by atoms with van der Waals surface area (Å²) >= 11 is 1.14. The van der Waals surface area contributed by atoms with Crippen LogP contribution >= 0.6 is 11.3 Å². The molecule has 1 saturated heterocycles. The lowest BCUT2D eigenvalue weighted by atomic mass is 9.65. The van der Waals surface area contributed by atoms with Gasteiger partial charge in [-0.2, -0.15) is 12.8 Å². The number of rotatable bonds is 3. The molecule has 2 bridgehead atoms. The van der Waals surface area contributed by atoms with Crippen molar-refractivity contribution in [2.45, 2.75) is 50.3 Å². The Morgan fingerprint density at radius 1 is 1.21 bits per heavy atom. The molecule has 2 fully saturated rings. The molecule has 0 spiro atoms. The average Bonchev–Trinajstić information content (AvgIpc) is 3.20. The van der Waals surface area contributed by atoms with Crippen molar-refractivity contribution in [3.8, 4) is 0 Å². The highest BCUT2D eigenvalue weighted by Gasteiger charge is 2.49. The molecule has 4 rings (SSSR count). The Balaban J connectivity index is 1.56. The third-order valence-corrected chi connectivity index (χ3v) is 8.44. The lowest BCUT2D eigenvalue weighted by Gasteiger charge is -2.40. The van der Waals surface area contributed by atoms with Crippen LogP contribution in [0.1, 0.15) is 40.0 Å². The number of nitrogens with zero attached hydrogens (tertiary/aromatic N) is 2. The maximum Gasteiger partial charge on any atom is 0.292 e. The van der Waals surface area contributed by atoms with Gasteiger partial charge in [-0.05, 0) is 65.1 Å². The molecule has 0 radical (unpaired) electrons. The first-order chi connectivity index (χ1) is 13.1. The van der Waals surface area contributed by atoms with E-state index in [1.54, 1.807) is 35.8 Å². The fourth-order valence-electron chi connectivity index (χ4n) is 5.12. The van der Waals surface area contributed by atoms with Gasteiger partial charge < -0.3 is 10.0 Å². The molecule has 150 valence electrons. The zero-order valence-corrected chi connectivity index (χ0v) is 18.0. The van der Waals surface area contributed by atoms with Gasteiger partial charge in [0.25, 0.3) is 10.0 Å². The molecule has 2 atom stereocenters. The summed E-state index contributed by atoms with van der Waals surface area (Å²) in [5, 5.41) is 14.8. The van der Waals surface area contributed by atoms with Crippen LogP contribution in [0.3, 0.4) is 0 Å². The fraction of sp³-hybridized carbons (Fsp3) is 0.476. The minimum Gasteiger partial charge on any atom is -0.860 e. The van der Waals surface area contributed by atoms with Crippen molar-refractivity contribution in [2.75, 3.05) is 6.54 Å². The molecule has 0 aromatic carbocycles. The minimum atomic E-state index is -3.70. The predicted molar refractivity (Wildman–Crippen MR) is 110 cm³/mol. The molecule has 5 nitrogen and oxygen atoms in total. The van der Waals surface area contributed by atoms with Gasteiger partial charge in [0.05, 0.1) is 5.71 Å². The zero-order valence-electron chi connectivity index (χ0n) is 16.4. The fourth-order valence-corrected chi connectivity index (χ4v) is 7.08. The summed E-state index contributed by atoms with van der Waals surface area (Å²) in [6, 6.07) is 3.50. The second-order valence-electron chi connectivity index (χ2n) is 9.19. The van der Waals surface area contributed by atoms with Crippen LogP contribution in [-0.2, 0) is 10.0 Å². The van der Waals surface area contributed by atoms with Crippen LogP contribution in [-0.4, -0.2) is 31.6 Å². The van der Waals surface area contributed by atoms with Gasteiger partial charge in [-0.1, -0.05) is 39.0 Å². The van der Waals surface area contributed by atoms with Crippen LogP contribution in [0, 0.1) is 10.8 Å². The van der Waals surface area contributed by atoms with Crippen molar-refractivity contribution < 1.29 is 13.5 Å². The monoisotopic (exact) mass is 417 g/mol. The highest BCUT2D eigenvalue weighted by Crippen LogP contribution is 2.53. The van der Waals surface area contributed by atoms with Crippen LogP contribution < -0.4 is 5.11 Å². The van der Waals surface area contributed by atoms with Crippen LogP contribution in [0.4, 0.5) is 0 Å². The number of thiophene rings is 1. The van der Waals surface area contributed by atoms with E-state index in [-0.39, 0.29) is 27.0 Å². The highest BCUT2D eigenvalue weighted by molar-refractivity contribution is 7.92. The Morgan fingerprint density at radius 2 is 1.93 bits per heavy atom. The number of hydrogen-bond acceptors (Lipinski definition) is 5. The summed E-state index contributed by atoms with van der Waals surface area (Å²) in [7, 11) is -3.70. The molecular weight excluding hydrogens is 392 g/mol. The summed E-state index contributed by atoms with van der Waals surface area (Å²) in [6.45, 7) is 7.65. The van der Waals surface area contributed by atoms with Crippen LogP contribution in [0.25, 0.3) is 0 Å². The Kier molecular flexibility index (Phi) is 4.58. The van der Waals surface area contributed by atoms with Crippen LogP contribution in [0.5, 0.6) is 0 Å². The maximum atomic E-state index is 13.1. The Bertz CT molecular complexity index is 982. The molecule has 0 N–H and O–H groups in total. The topological polar surface area (TPSA) is 72.8 Å². The van der Waals surface area contributed by atoms with Gasteiger partial charge in [-0.25, -0.2) is 0 Å². The van der Waals surface area contributed by atoms with E-state index in [0.29, 0.717) is 11.3 Å². The Morgan fingerprint density at radius 3 is 2.57 bits per heavy atom. The molecule has 0 unspecified atom stereocenters. The second kappa shape index (κ2) is 6.59. The summed E-state index contributed by atoms with van der Waals surface area (Å²) < 4.78 is 28.6. The third kappa shape index (κ3) is 3.70. The summed E-state index contributed by atoms with van der Waals surface area (Å²) in [6.07, 6.45) is 9.80. The summed E-state index contributed by atoms with van der Waals surface area (Å²) in [5.41, 5.74) is 1.36. The van der Waals surface area contributed by atoms with E-state index in [9.17, 15) is 13.5 Å². The van der Waals surface area contributed by atoms with Gasteiger partial charge in [0.15, 0.2) is 0 Å². The maximum absolute atomic E-state index is 13.1. The quantitative estimate of drug-likeness (QED) is 0.706. The van der Waals surface area contributed by atoms with E-state index >= 15 is 0 Å². The lowest BCUT2D eigenvalue weighted by Crippen LogP contribution is -2.37. The van der Waals surface area contributed by atoms with Crippen molar-refractivity contribution in [1.82, 2.24) is 4.90 Å². The Labute approximate surface area is 170 Å². The van der Waals surface area contributed by atoms with Crippen molar-refractivity contribution in [3.05, 3.63) is 53.3 Å². The van der Waals surface area contributed by atoms with Gasteiger partial charge in [0.1, 0.15) is 4.21 Å². The molecule has 1 saturated carbocycles. The third-order valence-electron chi connectivity index (χ3n) is 5.76. The van der Waals surface area contributed by atoms with Crippen molar-refractivity contribution in [2.24, 2.45) is 15.2 Å². The van der Waals surface area contributed by atoms with E-state index in [1.807, 2.05) is 4.90 Å². The largest absolute Gasteiger partial charge is 0.860 e. The van der Waals surface area contributed by atoms with Gasteiger partial charge in [0.2, 0.25) is 0 Å². The van der Waals surface area contributed by atoms with E-state index in [2.05, 4.69) is 25.2 Å². The molecule has 0 amide bonds.